The fourth-order valence-corrected chi connectivity index (χ4v) is 3.91. The normalized spacial score (nSPS) is 13.5. The van der Waals surface area contributed by atoms with Gasteiger partial charge in [-0.1, -0.05) is 29.3 Å². The zero-order chi connectivity index (χ0) is 20.6. The van der Waals surface area contributed by atoms with Crippen LogP contribution in [0.25, 0.3) is 11.1 Å². The van der Waals surface area contributed by atoms with Crippen LogP contribution in [-0.2, 0) is 17.8 Å². The van der Waals surface area contributed by atoms with E-state index >= 15 is 0 Å². The predicted octanol–water partition coefficient (Wildman–Crippen LogP) is 2.91. The van der Waals surface area contributed by atoms with Gasteiger partial charge in [-0.05, 0) is 24.6 Å². The molecule has 0 unspecified atom stereocenters. The van der Waals surface area contributed by atoms with Crippen LogP contribution in [0.1, 0.15) is 27.3 Å². The molecule has 0 radical (unpaired) electrons. The average molecular weight is 421 g/mol. The van der Waals surface area contributed by atoms with Crippen LogP contribution in [-0.4, -0.2) is 53.8 Å². The van der Waals surface area contributed by atoms with E-state index in [9.17, 15) is 9.59 Å². The van der Waals surface area contributed by atoms with Gasteiger partial charge in [0.2, 0.25) is 5.91 Å². The summed E-state index contributed by atoms with van der Waals surface area (Å²) in [5.74, 6) is -0.373. The summed E-state index contributed by atoms with van der Waals surface area (Å²) in [4.78, 5) is 33.1. The smallest absolute Gasteiger partial charge is 0.256 e. The maximum absolute atomic E-state index is 13.3. The first kappa shape index (κ1) is 20.6. The third kappa shape index (κ3) is 3.72. The van der Waals surface area contributed by atoms with Gasteiger partial charge in [-0.3, -0.25) is 14.6 Å². The van der Waals surface area contributed by atoms with Crippen LogP contribution in [0.5, 0.6) is 0 Å². The molecule has 1 aromatic heterocycles. The molecule has 3 rings (SSSR count). The van der Waals surface area contributed by atoms with Crippen LogP contribution >= 0.6 is 23.2 Å². The quantitative estimate of drug-likeness (QED) is 0.824. The van der Waals surface area contributed by atoms with Crippen LogP contribution in [0.4, 0.5) is 0 Å². The van der Waals surface area contributed by atoms with E-state index in [2.05, 4.69) is 4.98 Å². The second-order valence-corrected chi connectivity index (χ2v) is 7.81. The molecule has 1 aliphatic heterocycles. The van der Waals surface area contributed by atoms with Crippen molar-refractivity contribution in [3.8, 4) is 11.1 Å². The molecule has 0 saturated heterocycles. The van der Waals surface area contributed by atoms with E-state index < -0.39 is 0 Å². The molecular weight excluding hydrogens is 399 g/mol. The molecule has 0 atom stereocenters. The highest BCUT2D eigenvalue weighted by atomic mass is 35.5. The number of benzene rings is 1. The second-order valence-electron chi connectivity index (χ2n) is 6.97. The number of aryl methyl sites for hydroxylation is 1. The lowest BCUT2D eigenvalue weighted by atomic mass is 9.89. The van der Waals surface area contributed by atoms with E-state index in [1.807, 2.05) is 6.92 Å². The lowest BCUT2D eigenvalue weighted by molar-refractivity contribution is -0.129. The number of amides is 2. The van der Waals surface area contributed by atoms with Crippen molar-refractivity contribution >= 4 is 35.0 Å². The van der Waals surface area contributed by atoms with Gasteiger partial charge in [0.1, 0.15) is 6.54 Å². The van der Waals surface area contributed by atoms with Crippen molar-refractivity contribution in [3.05, 3.63) is 50.8 Å². The number of halogens is 2. The molecule has 28 heavy (non-hydrogen) atoms. The van der Waals surface area contributed by atoms with Crippen LogP contribution in [0.15, 0.2) is 18.2 Å². The molecule has 148 valence electrons. The van der Waals surface area contributed by atoms with Crippen molar-refractivity contribution in [2.45, 2.75) is 19.9 Å². The summed E-state index contributed by atoms with van der Waals surface area (Å²) in [7, 11) is 3.34. The monoisotopic (exact) mass is 420 g/mol. The number of carbonyl (C=O) groups excluding carboxylic acids is 2. The molecule has 0 aliphatic carbocycles. The van der Waals surface area contributed by atoms with Gasteiger partial charge in [0.15, 0.2) is 0 Å². The Bertz CT molecular complexity index is 960. The standard InChI is InChI=1S/C20H22Cl2N4O2/c1-11-14(9-23)18(13-5-4-12(21)8-15(13)22)19-16(24-11)6-7-26(20(19)28)10-17(27)25(2)3/h4-5,8H,6-7,9-10,23H2,1-3H3. The Kier molecular flexibility index (Phi) is 5.93. The maximum Gasteiger partial charge on any atom is 0.256 e. The minimum atomic E-state index is -0.236. The van der Waals surface area contributed by atoms with Gasteiger partial charge in [0, 0.05) is 60.5 Å². The van der Waals surface area contributed by atoms with Gasteiger partial charge >= 0.3 is 0 Å². The summed E-state index contributed by atoms with van der Waals surface area (Å²) >= 11 is 12.5. The molecule has 0 saturated carbocycles. The first-order valence-corrected chi connectivity index (χ1v) is 9.67. The Hall–Kier alpha value is -2.15. The van der Waals surface area contributed by atoms with E-state index in [0.29, 0.717) is 45.4 Å². The number of carbonyl (C=O) groups is 2. The van der Waals surface area contributed by atoms with Gasteiger partial charge in [-0.2, -0.15) is 0 Å². The average Bonchev–Trinajstić information content (AvgIpc) is 2.63. The third-order valence-corrected chi connectivity index (χ3v) is 5.48. The molecule has 0 bridgehead atoms. The minimum absolute atomic E-state index is 0.0187. The number of rotatable bonds is 4. The van der Waals surface area contributed by atoms with Crippen molar-refractivity contribution < 1.29 is 9.59 Å². The number of hydrogen-bond donors (Lipinski definition) is 1. The topological polar surface area (TPSA) is 79.5 Å². The zero-order valence-electron chi connectivity index (χ0n) is 16.1. The Morgan fingerprint density at radius 2 is 2.00 bits per heavy atom. The molecule has 1 aromatic carbocycles. The van der Waals surface area contributed by atoms with Crippen molar-refractivity contribution in [1.29, 1.82) is 0 Å². The van der Waals surface area contributed by atoms with Crippen LogP contribution < -0.4 is 5.73 Å². The molecule has 2 amide bonds. The molecule has 8 heteroatoms. The third-order valence-electron chi connectivity index (χ3n) is 4.93. The van der Waals surface area contributed by atoms with Crippen LogP contribution in [0.3, 0.4) is 0 Å². The lowest BCUT2D eigenvalue weighted by Gasteiger charge is -2.31. The van der Waals surface area contributed by atoms with Crippen molar-refractivity contribution in [3.63, 3.8) is 0 Å². The fourth-order valence-electron chi connectivity index (χ4n) is 3.41. The Morgan fingerprint density at radius 3 is 2.61 bits per heavy atom. The van der Waals surface area contributed by atoms with E-state index in [-0.39, 0.29) is 24.9 Å². The number of pyridine rings is 1. The summed E-state index contributed by atoms with van der Waals surface area (Å²) < 4.78 is 0. The maximum atomic E-state index is 13.3. The Morgan fingerprint density at radius 1 is 1.29 bits per heavy atom. The van der Waals surface area contributed by atoms with Crippen LogP contribution in [0.2, 0.25) is 10.0 Å². The molecule has 2 N–H and O–H groups in total. The number of likely N-dealkylation sites (N-methyl/N-ethyl adjacent to an activating group) is 1. The first-order chi connectivity index (χ1) is 13.2. The van der Waals surface area contributed by atoms with E-state index in [4.69, 9.17) is 28.9 Å². The molecule has 0 spiro atoms. The van der Waals surface area contributed by atoms with Gasteiger partial charge < -0.3 is 15.5 Å². The van der Waals surface area contributed by atoms with Gasteiger partial charge in [-0.25, -0.2) is 0 Å². The Labute approximate surface area is 174 Å². The fraction of sp³-hybridized carbons (Fsp3) is 0.350. The SMILES string of the molecule is Cc1nc2c(c(-c3ccc(Cl)cc3Cl)c1CN)C(=O)N(CC(=O)N(C)C)CC2. The van der Waals surface area contributed by atoms with Crippen molar-refractivity contribution in [2.24, 2.45) is 5.73 Å². The number of fused-ring (bicyclic) bond motifs is 1. The van der Waals surface area contributed by atoms with Crippen molar-refractivity contribution in [1.82, 2.24) is 14.8 Å². The second kappa shape index (κ2) is 8.07. The molecule has 6 nitrogen and oxygen atoms in total. The largest absolute Gasteiger partial charge is 0.347 e. The molecule has 2 aromatic rings. The highest BCUT2D eigenvalue weighted by Gasteiger charge is 2.32. The summed E-state index contributed by atoms with van der Waals surface area (Å²) in [6.45, 7) is 2.55. The van der Waals surface area contributed by atoms with Gasteiger partial charge in [0.25, 0.3) is 5.91 Å². The number of nitrogens with two attached hydrogens (primary N) is 1. The number of hydrogen-bond acceptors (Lipinski definition) is 4. The van der Waals surface area contributed by atoms with Gasteiger partial charge in [0.05, 0.1) is 11.3 Å². The molecule has 1 aliphatic rings. The lowest BCUT2D eigenvalue weighted by Crippen LogP contribution is -2.44. The first-order valence-electron chi connectivity index (χ1n) is 8.91. The van der Waals surface area contributed by atoms with Gasteiger partial charge in [-0.15, -0.1) is 0 Å². The van der Waals surface area contributed by atoms with Crippen molar-refractivity contribution in [2.75, 3.05) is 27.2 Å². The van der Waals surface area contributed by atoms with Crippen LogP contribution in [0, 0.1) is 6.92 Å². The van der Waals surface area contributed by atoms with E-state index in [1.165, 1.54) is 4.90 Å². The molecular formula is C20H22Cl2N4O2. The van der Waals surface area contributed by atoms with E-state index in [1.54, 1.807) is 37.2 Å². The minimum Gasteiger partial charge on any atom is -0.347 e. The number of nitrogens with zero attached hydrogens (tertiary/aromatic N) is 3. The summed E-state index contributed by atoms with van der Waals surface area (Å²) in [6.07, 6.45) is 0.561. The highest BCUT2D eigenvalue weighted by Crippen LogP contribution is 2.38. The van der Waals surface area contributed by atoms with E-state index in [0.717, 1.165) is 11.3 Å². The number of aromatic nitrogens is 1. The summed E-state index contributed by atoms with van der Waals surface area (Å²) in [5, 5.41) is 0.941. The predicted molar refractivity (Wildman–Crippen MR) is 111 cm³/mol. The zero-order valence-corrected chi connectivity index (χ0v) is 17.6. The molecule has 2 heterocycles. The Balaban J connectivity index is 2.19. The highest BCUT2D eigenvalue weighted by molar-refractivity contribution is 6.36. The summed E-state index contributed by atoms with van der Waals surface area (Å²) in [5.41, 5.74) is 10.1. The summed E-state index contributed by atoms with van der Waals surface area (Å²) in [6, 6.07) is 5.16. The molecule has 0 fully saturated rings.